The van der Waals surface area contributed by atoms with E-state index in [2.05, 4.69) is 35.1 Å². The number of nitrogens with one attached hydrogen (secondary N) is 1. The van der Waals surface area contributed by atoms with Crippen molar-refractivity contribution in [2.45, 2.75) is 44.8 Å². The van der Waals surface area contributed by atoms with Gasteiger partial charge in [0.25, 0.3) is 0 Å². The minimum Gasteiger partial charge on any atom is -0.369 e. The van der Waals surface area contributed by atoms with Crippen molar-refractivity contribution < 1.29 is 0 Å². The normalized spacial score (nSPS) is 19.2. The highest BCUT2D eigenvalue weighted by Gasteiger charge is 2.22. The fourth-order valence-electron chi connectivity index (χ4n) is 2.03. The van der Waals surface area contributed by atoms with E-state index in [0.717, 1.165) is 41.2 Å². The Morgan fingerprint density at radius 2 is 2.22 bits per heavy atom. The van der Waals surface area contributed by atoms with Crippen molar-refractivity contribution in [3.63, 3.8) is 0 Å². The van der Waals surface area contributed by atoms with Crippen LogP contribution in [0.2, 0.25) is 0 Å². The molecular formula is C13H20BrN3S. The van der Waals surface area contributed by atoms with Gasteiger partial charge in [0.05, 0.1) is 15.4 Å². The predicted molar refractivity (Wildman–Crippen MR) is 82.3 cm³/mol. The van der Waals surface area contributed by atoms with Crippen LogP contribution >= 0.6 is 27.7 Å². The van der Waals surface area contributed by atoms with Crippen LogP contribution in [-0.4, -0.2) is 22.3 Å². The van der Waals surface area contributed by atoms with E-state index in [1.54, 1.807) is 0 Å². The molecule has 0 aliphatic carbocycles. The minimum absolute atomic E-state index is 0.491. The van der Waals surface area contributed by atoms with Gasteiger partial charge >= 0.3 is 0 Å². The Morgan fingerprint density at radius 1 is 1.39 bits per heavy atom. The molecule has 1 fully saturated rings. The van der Waals surface area contributed by atoms with E-state index in [1.807, 2.05) is 11.8 Å². The molecule has 1 aromatic rings. The molecule has 1 unspecified atom stereocenters. The molecular weight excluding hydrogens is 310 g/mol. The molecule has 0 bridgehead atoms. The quantitative estimate of drug-likeness (QED) is 0.878. The van der Waals surface area contributed by atoms with Crippen molar-refractivity contribution in [3.8, 4) is 0 Å². The minimum atomic E-state index is 0.491. The topological polar surface area (TPSA) is 37.8 Å². The fourth-order valence-corrected chi connectivity index (χ4v) is 3.84. The summed E-state index contributed by atoms with van der Waals surface area (Å²) in [5, 5.41) is 3.89. The van der Waals surface area contributed by atoms with Crippen LogP contribution in [0, 0.1) is 0 Å². The Kier molecular flexibility index (Phi) is 5.30. The first-order valence-electron chi connectivity index (χ1n) is 6.68. The summed E-state index contributed by atoms with van der Waals surface area (Å²) >= 11 is 5.61. The first kappa shape index (κ1) is 14.1. The predicted octanol–water partition coefficient (Wildman–Crippen LogP) is 4.19. The zero-order valence-electron chi connectivity index (χ0n) is 11.0. The van der Waals surface area contributed by atoms with E-state index in [1.165, 1.54) is 18.6 Å². The van der Waals surface area contributed by atoms with Gasteiger partial charge in [0.2, 0.25) is 0 Å². The molecule has 2 rings (SSSR count). The Hall–Kier alpha value is -0.290. The molecule has 2 heterocycles. The van der Waals surface area contributed by atoms with Gasteiger partial charge in [-0.05, 0) is 47.4 Å². The number of nitrogens with zero attached hydrogens (tertiary/aromatic N) is 2. The maximum Gasteiger partial charge on any atom is 0.144 e. The SMILES string of the molecule is CCCNc1nc(C2CCCS2)nc(CC)c1Br. The summed E-state index contributed by atoms with van der Waals surface area (Å²) in [6, 6.07) is 0. The van der Waals surface area contributed by atoms with Crippen molar-refractivity contribution in [2.24, 2.45) is 0 Å². The second-order valence-corrected chi connectivity index (χ2v) is 6.58. The molecule has 1 aromatic heterocycles. The van der Waals surface area contributed by atoms with Gasteiger partial charge in [-0.3, -0.25) is 0 Å². The number of hydrogen-bond donors (Lipinski definition) is 1. The third-order valence-corrected chi connectivity index (χ3v) is 5.24. The highest BCUT2D eigenvalue weighted by Crippen LogP contribution is 2.39. The molecule has 18 heavy (non-hydrogen) atoms. The van der Waals surface area contributed by atoms with Gasteiger partial charge in [0.1, 0.15) is 11.6 Å². The molecule has 0 amide bonds. The average Bonchev–Trinajstić information content (AvgIpc) is 2.91. The van der Waals surface area contributed by atoms with Gasteiger partial charge in [-0.2, -0.15) is 11.8 Å². The summed E-state index contributed by atoms with van der Waals surface area (Å²) in [6.45, 7) is 5.26. The van der Waals surface area contributed by atoms with Crippen LogP contribution in [0.3, 0.4) is 0 Å². The summed E-state index contributed by atoms with van der Waals surface area (Å²) in [5.74, 6) is 3.21. The van der Waals surface area contributed by atoms with Crippen LogP contribution in [-0.2, 0) is 6.42 Å². The maximum atomic E-state index is 4.72. The zero-order valence-corrected chi connectivity index (χ0v) is 13.4. The Labute approximate surface area is 122 Å². The van der Waals surface area contributed by atoms with Crippen LogP contribution in [0.1, 0.15) is 49.9 Å². The summed E-state index contributed by atoms with van der Waals surface area (Å²) in [4.78, 5) is 9.43. The summed E-state index contributed by atoms with van der Waals surface area (Å²) in [5.41, 5.74) is 1.12. The smallest absolute Gasteiger partial charge is 0.144 e. The molecule has 1 aliphatic heterocycles. The van der Waals surface area contributed by atoms with Crippen molar-refractivity contribution in [1.29, 1.82) is 0 Å². The van der Waals surface area contributed by atoms with Gasteiger partial charge < -0.3 is 5.32 Å². The highest BCUT2D eigenvalue weighted by molar-refractivity contribution is 9.10. The maximum absolute atomic E-state index is 4.72. The van der Waals surface area contributed by atoms with Crippen molar-refractivity contribution in [3.05, 3.63) is 16.0 Å². The van der Waals surface area contributed by atoms with E-state index in [9.17, 15) is 0 Å². The lowest BCUT2D eigenvalue weighted by molar-refractivity contribution is 0.763. The van der Waals surface area contributed by atoms with E-state index < -0.39 is 0 Å². The molecule has 3 nitrogen and oxygen atoms in total. The monoisotopic (exact) mass is 329 g/mol. The molecule has 0 saturated carbocycles. The Balaban J connectivity index is 2.29. The number of aromatic nitrogens is 2. The fraction of sp³-hybridized carbons (Fsp3) is 0.692. The number of hydrogen-bond acceptors (Lipinski definition) is 4. The lowest BCUT2D eigenvalue weighted by atomic mass is 10.2. The first-order chi connectivity index (χ1) is 8.76. The number of thioether (sulfide) groups is 1. The number of halogens is 1. The Bertz CT molecular complexity index is 405. The molecule has 100 valence electrons. The van der Waals surface area contributed by atoms with Crippen molar-refractivity contribution >= 4 is 33.5 Å². The average molecular weight is 330 g/mol. The molecule has 1 aliphatic rings. The molecule has 1 saturated heterocycles. The van der Waals surface area contributed by atoms with Gasteiger partial charge in [0.15, 0.2) is 0 Å². The third kappa shape index (κ3) is 3.18. The molecule has 5 heteroatoms. The van der Waals surface area contributed by atoms with Crippen LogP contribution in [0.5, 0.6) is 0 Å². The van der Waals surface area contributed by atoms with Crippen molar-refractivity contribution in [2.75, 3.05) is 17.6 Å². The van der Waals surface area contributed by atoms with Gasteiger partial charge in [0, 0.05) is 6.54 Å². The van der Waals surface area contributed by atoms with E-state index in [4.69, 9.17) is 9.97 Å². The van der Waals surface area contributed by atoms with E-state index in [-0.39, 0.29) is 0 Å². The van der Waals surface area contributed by atoms with Gasteiger partial charge in [-0.15, -0.1) is 0 Å². The van der Waals surface area contributed by atoms with Crippen LogP contribution in [0.25, 0.3) is 0 Å². The van der Waals surface area contributed by atoms with Gasteiger partial charge in [-0.25, -0.2) is 9.97 Å². The first-order valence-corrected chi connectivity index (χ1v) is 8.52. The molecule has 0 radical (unpaired) electrons. The lowest BCUT2D eigenvalue weighted by Gasteiger charge is -2.14. The summed E-state index contributed by atoms with van der Waals surface area (Å²) < 4.78 is 1.03. The Morgan fingerprint density at radius 3 is 2.83 bits per heavy atom. The van der Waals surface area contributed by atoms with Crippen LogP contribution in [0.4, 0.5) is 5.82 Å². The number of rotatable bonds is 5. The molecule has 1 N–H and O–H groups in total. The lowest BCUT2D eigenvalue weighted by Crippen LogP contribution is -2.09. The summed E-state index contributed by atoms with van der Waals surface area (Å²) in [7, 11) is 0. The number of anilines is 1. The largest absolute Gasteiger partial charge is 0.369 e. The van der Waals surface area contributed by atoms with Crippen molar-refractivity contribution in [1.82, 2.24) is 9.97 Å². The van der Waals surface area contributed by atoms with E-state index >= 15 is 0 Å². The second kappa shape index (κ2) is 6.75. The summed E-state index contributed by atoms with van der Waals surface area (Å²) in [6.07, 6.45) is 4.54. The standard InChI is InChI=1S/C13H20BrN3S/c1-3-7-15-13-11(14)9(4-2)16-12(17-13)10-6-5-8-18-10/h10H,3-8H2,1-2H3,(H,15,16,17). The second-order valence-electron chi connectivity index (χ2n) is 4.47. The molecule has 1 atom stereocenters. The highest BCUT2D eigenvalue weighted by atomic mass is 79.9. The number of aryl methyl sites for hydroxylation is 1. The third-order valence-electron chi connectivity index (χ3n) is 3.03. The van der Waals surface area contributed by atoms with E-state index in [0.29, 0.717) is 5.25 Å². The molecule has 0 spiro atoms. The zero-order chi connectivity index (χ0) is 13.0. The van der Waals surface area contributed by atoms with Crippen LogP contribution in [0.15, 0.2) is 4.47 Å². The van der Waals surface area contributed by atoms with Gasteiger partial charge in [-0.1, -0.05) is 13.8 Å². The van der Waals surface area contributed by atoms with Crippen LogP contribution < -0.4 is 5.32 Å². The molecule has 0 aromatic carbocycles.